The number of carbonyl (C=O) groups excluding carboxylic acids is 1. The van der Waals surface area contributed by atoms with Gasteiger partial charge in [-0.25, -0.2) is 0 Å². The number of ketones is 1. The molecule has 1 aromatic carbocycles. The van der Waals surface area contributed by atoms with E-state index in [0.29, 0.717) is 5.78 Å². The second-order valence-corrected chi connectivity index (χ2v) is 5.21. The fourth-order valence-electron chi connectivity index (χ4n) is 2.48. The van der Waals surface area contributed by atoms with Crippen molar-refractivity contribution >= 4 is 21.7 Å². The summed E-state index contributed by atoms with van der Waals surface area (Å²) in [6.45, 7) is 4.23. The average Bonchev–Trinajstić information content (AvgIpc) is 2.52. The van der Waals surface area contributed by atoms with Gasteiger partial charge in [0.2, 0.25) is 0 Å². The van der Waals surface area contributed by atoms with Crippen LogP contribution in [0.2, 0.25) is 0 Å². The van der Waals surface area contributed by atoms with Crippen LogP contribution >= 0.6 is 15.9 Å². The van der Waals surface area contributed by atoms with E-state index in [1.54, 1.807) is 0 Å². The van der Waals surface area contributed by atoms with Crippen LogP contribution in [-0.2, 0) is 6.42 Å². The van der Waals surface area contributed by atoms with Gasteiger partial charge in [0.15, 0.2) is 5.78 Å². The largest absolute Gasteiger partial charge is 0.294 e. The summed E-state index contributed by atoms with van der Waals surface area (Å²) in [5, 5.41) is 0. The van der Waals surface area contributed by atoms with Crippen LogP contribution in [0.1, 0.15) is 42.6 Å². The van der Waals surface area contributed by atoms with Crippen LogP contribution in [0, 0.1) is 5.41 Å². The zero-order chi connectivity index (χ0) is 11.1. The number of carbonyl (C=O) groups is 1. The Morgan fingerprint density at radius 3 is 2.60 bits per heavy atom. The Balaban J connectivity index is 2.49. The van der Waals surface area contributed by atoms with Crippen LogP contribution in [0.25, 0.3) is 0 Å². The Kier molecular flexibility index (Phi) is 2.72. The summed E-state index contributed by atoms with van der Waals surface area (Å²) < 4.78 is 1.07. The number of fused-ring (bicyclic) bond motifs is 1. The normalized spacial score (nSPS) is 17.9. The molecule has 0 spiro atoms. The van der Waals surface area contributed by atoms with E-state index >= 15 is 0 Å². The molecule has 0 bridgehead atoms. The molecule has 0 unspecified atom stereocenters. The Labute approximate surface area is 99.0 Å². The van der Waals surface area contributed by atoms with Gasteiger partial charge in [-0.1, -0.05) is 29.8 Å². The van der Waals surface area contributed by atoms with Gasteiger partial charge in [0.05, 0.1) is 0 Å². The van der Waals surface area contributed by atoms with Crippen molar-refractivity contribution in [3.8, 4) is 0 Å². The molecule has 0 saturated carbocycles. The van der Waals surface area contributed by atoms with Gasteiger partial charge in [-0.05, 0) is 43.0 Å². The molecule has 15 heavy (non-hydrogen) atoms. The molecular formula is C13H15BrO. The molecule has 2 heteroatoms. The third kappa shape index (κ3) is 1.55. The quantitative estimate of drug-likeness (QED) is 0.791. The molecule has 0 saturated heterocycles. The van der Waals surface area contributed by atoms with Crippen LogP contribution in [0.3, 0.4) is 0 Å². The first-order valence-corrected chi connectivity index (χ1v) is 6.25. The highest BCUT2D eigenvalue weighted by molar-refractivity contribution is 9.10. The number of rotatable bonds is 2. The topological polar surface area (TPSA) is 17.1 Å². The third-order valence-corrected chi connectivity index (χ3v) is 4.17. The molecule has 0 amide bonds. The Morgan fingerprint density at radius 1 is 1.33 bits per heavy atom. The van der Waals surface area contributed by atoms with Gasteiger partial charge >= 0.3 is 0 Å². The number of Topliss-reactive ketones (excluding diaryl/α,β-unsaturated/α-hetero) is 1. The molecular weight excluding hydrogens is 252 g/mol. The maximum absolute atomic E-state index is 12.3. The van der Waals surface area contributed by atoms with Gasteiger partial charge < -0.3 is 0 Å². The van der Waals surface area contributed by atoms with E-state index in [4.69, 9.17) is 0 Å². The van der Waals surface area contributed by atoms with Crippen molar-refractivity contribution < 1.29 is 4.79 Å². The first-order valence-electron chi connectivity index (χ1n) is 5.46. The second-order valence-electron chi connectivity index (χ2n) is 4.29. The zero-order valence-electron chi connectivity index (χ0n) is 9.14. The highest BCUT2D eigenvalue weighted by atomic mass is 79.9. The molecule has 80 valence electrons. The van der Waals surface area contributed by atoms with Crippen LogP contribution < -0.4 is 0 Å². The lowest BCUT2D eigenvalue weighted by molar-refractivity contribution is 0.0805. The summed E-state index contributed by atoms with van der Waals surface area (Å²) in [5.74, 6) is 0.343. The van der Waals surface area contributed by atoms with Crippen molar-refractivity contribution in [2.24, 2.45) is 5.41 Å². The van der Waals surface area contributed by atoms with Crippen molar-refractivity contribution in [3.05, 3.63) is 33.8 Å². The Bertz CT molecular complexity index is 405. The highest BCUT2D eigenvalue weighted by Gasteiger charge is 2.42. The molecule has 1 nitrogen and oxygen atoms in total. The predicted octanol–water partition coefficient (Wildman–Crippen LogP) is 3.99. The summed E-state index contributed by atoms with van der Waals surface area (Å²) in [5.41, 5.74) is 2.02. The average molecular weight is 267 g/mol. The molecule has 0 atom stereocenters. The fraction of sp³-hybridized carbons (Fsp3) is 0.462. The SMILES string of the molecule is CCC1(CC)Cc2cc(Br)ccc2C1=O. The molecule has 0 radical (unpaired) electrons. The minimum Gasteiger partial charge on any atom is -0.294 e. The molecule has 1 aliphatic carbocycles. The van der Waals surface area contributed by atoms with Crippen LogP contribution in [0.4, 0.5) is 0 Å². The maximum atomic E-state index is 12.3. The van der Waals surface area contributed by atoms with Gasteiger partial charge in [0, 0.05) is 15.5 Å². The first kappa shape index (κ1) is 10.9. The smallest absolute Gasteiger partial charge is 0.169 e. The van der Waals surface area contributed by atoms with Crippen LogP contribution in [0.15, 0.2) is 22.7 Å². The molecule has 2 rings (SSSR count). The molecule has 1 aromatic rings. The lowest BCUT2D eigenvalue weighted by atomic mass is 9.79. The first-order chi connectivity index (χ1) is 7.13. The molecule has 0 fully saturated rings. The van der Waals surface area contributed by atoms with E-state index in [1.807, 2.05) is 12.1 Å². The van der Waals surface area contributed by atoms with E-state index in [1.165, 1.54) is 5.56 Å². The lowest BCUT2D eigenvalue weighted by Crippen LogP contribution is -2.26. The summed E-state index contributed by atoms with van der Waals surface area (Å²) in [6, 6.07) is 5.99. The van der Waals surface area contributed by atoms with Crippen molar-refractivity contribution in [3.63, 3.8) is 0 Å². The Morgan fingerprint density at radius 2 is 2.00 bits per heavy atom. The minimum absolute atomic E-state index is 0.122. The fourth-order valence-corrected chi connectivity index (χ4v) is 2.89. The second kappa shape index (κ2) is 3.75. The zero-order valence-corrected chi connectivity index (χ0v) is 10.7. The lowest BCUT2D eigenvalue weighted by Gasteiger charge is -2.23. The van der Waals surface area contributed by atoms with Gasteiger partial charge in [0.25, 0.3) is 0 Å². The number of benzene rings is 1. The van der Waals surface area contributed by atoms with E-state index in [-0.39, 0.29) is 5.41 Å². The van der Waals surface area contributed by atoms with E-state index in [2.05, 4.69) is 35.8 Å². The molecule has 0 aromatic heterocycles. The standard InChI is InChI=1S/C13H15BrO/c1-3-13(4-2)8-9-7-10(14)5-6-11(9)12(13)15/h5-7H,3-4,8H2,1-2H3. The molecule has 1 aliphatic rings. The summed E-state index contributed by atoms with van der Waals surface area (Å²) in [6.07, 6.45) is 2.79. The van der Waals surface area contributed by atoms with Crippen LogP contribution in [0.5, 0.6) is 0 Å². The maximum Gasteiger partial charge on any atom is 0.169 e. The van der Waals surface area contributed by atoms with Gasteiger partial charge in [-0.15, -0.1) is 0 Å². The van der Waals surface area contributed by atoms with Gasteiger partial charge in [-0.2, -0.15) is 0 Å². The van der Waals surface area contributed by atoms with Gasteiger partial charge in [0.1, 0.15) is 0 Å². The predicted molar refractivity (Wildman–Crippen MR) is 65.2 cm³/mol. The summed E-state index contributed by atoms with van der Waals surface area (Å²) >= 11 is 3.45. The number of hydrogen-bond donors (Lipinski definition) is 0. The highest BCUT2D eigenvalue weighted by Crippen LogP contribution is 2.42. The third-order valence-electron chi connectivity index (χ3n) is 3.68. The van der Waals surface area contributed by atoms with E-state index in [9.17, 15) is 4.79 Å². The molecule has 0 heterocycles. The van der Waals surface area contributed by atoms with Crippen molar-refractivity contribution in [2.45, 2.75) is 33.1 Å². The number of hydrogen-bond acceptors (Lipinski definition) is 1. The van der Waals surface area contributed by atoms with Crippen molar-refractivity contribution in [1.29, 1.82) is 0 Å². The van der Waals surface area contributed by atoms with Gasteiger partial charge in [-0.3, -0.25) is 4.79 Å². The molecule has 0 N–H and O–H groups in total. The summed E-state index contributed by atoms with van der Waals surface area (Å²) in [4.78, 5) is 12.3. The van der Waals surface area contributed by atoms with E-state index in [0.717, 1.165) is 29.3 Å². The van der Waals surface area contributed by atoms with Crippen LogP contribution in [-0.4, -0.2) is 5.78 Å². The molecule has 0 aliphatic heterocycles. The Hall–Kier alpha value is -0.630. The van der Waals surface area contributed by atoms with Crippen molar-refractivity contribution in [2.75, 3.05) is 0 Å². The van der Waals surface area contributed by atoms with Crippen molar-refractivity contribution in [1.82, 2.24) is 0 Å². The number of halogens is 1. The monoisotopic (exact) mass is 266 g/mol. The minimum atomic E-state index is -0.122. The van der Waals surface area contributed by atoms with E-state index < -0.39 is 0 Å². The summed E-state index contributed by atoms with van der Waals surface area (Å²) in [7, 11) is 0.